The summed E-state index contributed by atoms with van der Waals surface area (Å²) in [7, 11) is -9.88. The lowest BCUT2D eigenvalue weighted by molar-refractivity contribution is -0.161. The first-order valence-corrected chi connectivity index (χ1v) is 37.6. The first-order chi connectivity index (χ1) is 41.0. The standard InChI is InChI=1S/C66H128O17P2/c1-6-9-12-15-18-21-22-23-27-31-35-40-45-50-64(69)77-56-62(83-66(71)52-47-42-37-32-28-25-24-26-30-33-38-43-48-59(4)5)58-81-85(74,75)79-54-60(67)53-78-84(72,73)80-57-61(55-76-63(68)49-44-39-34-20-17-14-11-8-3)82-65(70)51-46-41-36-29-19-16-13-10-7-2/h59-62,67H,6-58H2,1-5H3,(H,72,73)(H,74,75)/t60-,61+,62+/m0/s1. The van der Waals surface area contributed by atoms with Gasteiger partial charge in [-0.15, -0.1) is 0 Å². The lowest BCUT2D eigenvalue weighted by Gasteiger charge is -2.21. The molecule has 17 nitrogen and oxygen atoms in total. The third-order valence-corrected chi connectivity index (χ3v) is 17.2. The van der Waals surface area contributed by atoms with Crippen molar-refractivity contribution in [3.8, 4) is 0 Å². The van der Waals surface area contributed by atoms with E-state index < -0.39 is 97.5 Å². The molecule has 0 aliphatic carbocycles. The van der Waals surface area contributed by atoms with E-state index >= 15 is 0 Å². The van der Waals surface area contributed by atoms with E-state index in [0.29, 0.717) is 25.7 Å². The molecule has 0 saturated heterocycles. The van der Waals surface area contributed by atoms with Crippen LogP contribution in [0, 0.1) is 5.92 Å². The Kier molecular flexibility index (Phi) is 58.3. The number of ether oxygens (including phenoxy) is 4. The van der Waals surface area contributed by atoms with Crippen LogP contribution in [-0.2, 0) is 65.4 Å². The Hall–Kier alpha value is -1.94. The highest BCUT2D eigenvalue weighted by Crippen LogP contribution is 2.45. The molecule has 0 fully saturated rings. The predicted molar refractivity (Wildman–Crippen MR) is 340 cm³/mol. The van der Waals surface area contributed by atoms with E-state index in [9.17, 15) is 43.2 Å². The highest BCUT2D eigenvalue weighted by Gasteiger charge is 2.30. The molecule has 0 amide bonds. The summed E-state index contributed by atoms with van der Waals surface area (Å²) in [6.45, 7) is 7.19. The van der Waals surface area contributed by atoms with E-state index in [1.54, 1.807) is 0 Å². The molecule has 5 atom stereocenters. The molecular weight excluding hydrogens is 1130 g/mol. The minimum Gasteiger partial charge on any atom is -0.462 e. The SMILES string of the molecule is CCCCCCCCCCCCCCCC(=O)OC[C@H](COP(=O)(O)OC[C@@H](O)COP(=O)(O)OC[C@@H](COC(=O)CCCCCCCCCC)OC(=O)CCCCCCCCCCC)OC(=O)CCCCCCCCCCCCCCC(C)C. The van der Waals surface area contributed by atoms with Crippen LogP contribution in [0.3, 0.4) is 0 Å². The van der Waals surface area contributed by atoms with Crippen molar-refractivity contribution < 1.29 is 80.2 Å². The quantitative estimate of drug-likeness (QED) is 0.0222. The highest BCUT2D eigenvalue weighted by atomic mass is 31.2. The average Bonchev–Trinajstić information content (AvgIpc) is 3.51. The molecule has 3 N–H and O–H groups in total. The second-order valence-corrected chi connectivity index (χ2v) is 27.2. The van der Waals surface area contributed by atoms with Crippen LogP contribution < -0.4 is 0 Å². The number of carbonyl (C=O) groups excluding carboxylic acids is 4. The Labute approximate surface area is 517 Å². The summed E-state index contributed by atoms with van der Waals surface area (Å²) >= 11 is 0. The summed E-state index contributed by atoms with van der Waals surface area (Å²) in [5.74, 6) is -1.35. The largest absolute Gasteiger partial charge is 0.472 e. The van der Waals surface area contributed by atoms with Crippen molar-refractivity contribution in [2.24, 2.45) is 5.92 Å². The lowest BCUT2D eigenvalue weighted by atomic mass is 10.0. The second-order valence-electron chi connectivity index (χ2n) is 24.3. The van der Waals surface area contributed by atoms with Crippen LogP contribution in [-0.4, -0.2) is 96.7 Å². The molecule has 0 heterocycles. The molecule has 0 aliphatic rings. The summed E-state index contributed by atoms with van der Waals surface area (Å²) in [6.07, 6.45) is 44.4. The van der Waals surface area contributed by atoms with E-state index in [4.69, 9.17) is 37.0 Å². The Balaban J connectivity index is 5.21. The van der Waals surface area contributed by atoms with Crippen LogP contribution in [0.5, 0.6) is 0 Å². The van der Waals surface area contributed by atoms with Crippen molar-refractivity contribution in [2.45, 2.75) is 355 Å². The van der Waals surface area contributed by atoms with Gasteiger partial charge in [-0.1, -0.05) is 285 Å². The summed E-state index contributed by atoms with van der Waals surface area (Å²) < 4.78 is 68.0. The number of phosphoric acid groups is 2. The molecule has 0 radical (unpaired) electrons. The smallest absolute Gasteiger partial charge is 0.462 e. The number of hydrogen-bond donors (Lipinski definition) is 3. The first kappa shape index (κ1) is 83.1. The molecule has 0 spiro atoms. The molecule has 0 rings (SSSR count). The van der Waals surface area contributed by atoms with E-state index in [1.165, 1.54) is 154 Å². The molecule has 0 bridgehead atoms. The Bertz CT molecular complexity index is 1650. The van der Waals surface area contributed by atoms with Gasteiger partial charge in [0.15, 0.2) is 12.2 Å². The zero-order chi connectivity index (χ0) is 62.8. The lowest BCUT2D eigenvalue weighted by Crippen LogP contribution is -2.30. The van der Waals surface area contributed by atoms with Gasteiger partial charge in [0.1, 0.15) is 19.3 Å². The topological polar surface area (TPSA) is 237 Å². The van der Waals surface area contributed by atoms with Gasteiger partial charge in [0.05, 0.1) is 26.4 Å². The van der Waals surface area contributed by atoms with Gasteiger partial charge in [0.2, 0.25) is 0 Å². The highest BCUT2D eigenvalue weighted by molar-refractivity contribution is 7.47. The van der Waals surface area contributed by atoms with E-state index in [1.807, 2.05) is 0 Å². The van der Waals surface area contributed by atoms with Gasteiger partial charge in [-0.2, -0.15) is 0 Å². The maximum Gasteiger partial charge on any atom is 0.472 e. The Morgan fingerprint density at radius 3 is 0.800 bits per heavy atom. The number of unbranched alkanes of at least 4 members (excludes halogenated alkanes) is 38. The number of carbonyl (C=O) groups is 4. The zero-order valence-electron chi connectivity index (χ0n) is 54.7. The molecule has 19 heteroatoms. The minimum atomic E-state index is -4.95. The molecular formula is C66H128O17P2. The van der Waals surface area contributed by atoms with Crippen LogP contribution in [0.2, 0.25) is 0 Å². The Morgan fingerprint density at radius 1 is 0.318 bits per heavy atom. The number of hydrogen-bond acceptors (Lipinski definition) is 15. The van der Waals surface area contributed by atoms with Crippen LogP contribution >= 0.6 is 15.6 Å². The summed E-state index contributed by atoms with van der Waals surface area (Å²) in [5.41, 5.74) is 0. The maximum absolute atomic E-state index is 13.0. The van der Waals surface area contributed by atoms with Gasteiger partial charge in [-0.3, -0.25) is 37.3 Å². The van der Waals surface area contributed by atoms with Crippen LogP contribution in [0.25, 0.3) is 0 Å². The Morgan fingerprint density at radius 2 is 0.541 bits per heavy atom. The number of aliphatic hydroxyl groups excluding tert-OH is 1. The molecule has 0 aliphatic heterocycles. The zero-order valence-corrected chi connectivity index (χ0v) is 56.5. The van der Waals surface area contributed by atoms with Crippen molar-refractivity contribution in [3.63, 3.8) is 0 Å². The fourth-order valence-electron chi connectivity index (χ4n) is 9.94. The predicted octanol–water partition coefficient (Wildman–Crippen LogP) is 18.6. The van der Waals surface area contributed by atoms with Gasteiger partial charge in [0.25, 0.3) is 0 Å². The number of aliphatic hydroxyl groups is 1. The van der Waals surface area contributed by atoms with Gasteiger partial charge in [0, 0.05) is 25.7 Å². The molecule has 85 heavy (non-hydrogen) atoms. The van der Waals surface area contributed by atoms with Crippen molar-refractivity contribution in [2.75, 3.05) is 39.6 Å². The van der Waals surface area contributed by atoms with Gasteiger partial charge < -0.3 is 33.8 Å². The monoisotopic (exact) mass is 1250 g/mol. The summed E-state index contributed by atoms with van der Waals surface area (Å²) in [5, 5.41) is 10.5. The normalized spacial score (nSPS) is 14.2. The van der Waals surface area contributed by atoms with Crippen LogP contribution in [0.4, 0.5) is 0 Å². The van der Waals surface area contributed by atoms with Crippen LogP contribution in [0.1, 0.15) is 336 Å². The van der Waals surface area contributed by atoms with Crippen molar-refractivity contribution in [1.29, 1.82) is 0 Å². The summed E-state index contributed by atoms with van der Waals surface area (Å²) in [4.78, 5) is 72.2. The maximum atomic E-state index is 13.0. The summed E-state index contributed by atoms with van der Waals surface area (Å²) in [6, 6.07) is 0. The van der Waals surface area contributed by atoms with Gasteiger partial charge >= 0.3 is 39.5 Å². The number of rotatable bonds is 66. The first-order valence-electron chi connectivity index (χ1n) is 34.6. The van der Waals surface area contributed by atoms with Gasteiger partial charge in [-0.05, 0) is 31.6 Å². The molecule has 0 aromatic heterocycles. The fourth-order valence-corrected chi connectivity index (χ4v) is 11.5. The van der Waals surface area contributed by atoms with E-state index in [2.05, 4.69) is 34.6 Å². The molecule has 504 valence electrons. The van der Waals surface area contributed by atoms with Crippen molar-refractivity contribution in [1.82, 2.24) is 0 Å². The molecule has 0 aromatic carbocycles. The molecule has 0 saturated carbocycles. The number of esters is 4. The van der Waals surface area contributed by atoms with E-state index in [-0.39, 0.29) is 25.7 Å². The van der Waals surface area contributed by atoms with Gasteiger partial charge in [-0.25, -0.2) is 9.13 Å². The van der Waals surface area contributed by atoms with Crippen molar-refractivity contribution >= 4 is 39.5 Å². The third kappa shape index (κ3) is 60.7. The fraction of sp³-hybridized carbons (Fsp3) is 0.939. The average molecular weight is 1260 g/mol. The molecule has 2 unspecified atom stereocenters. The second kappa shape index (κ2) is 59.7. The van der Waals surface area contributed by atoms with Crippen LogP contribution in [0.15, 0.2) is 0 Å². The third-order valence-electron chi connectivity index (χ3n) is 15.3. The molecule has 0 aromatic rings. The van der Waals surface area contributed by atoms with E-state index in [0.717, 1.165) is 102 Å². The van der Waals surface area contributed by atoms with Crippen molar-refractivity contribution in [3.05, 3.63) is 0 Å². The minimum absolute atomic E-state index is 0.106. The number of phosphoric ester groups is 2.